The van der Waals surface area contributed by atoms with Gasteiger partial charge in [-0.25, -0.2) is 4.98 Å². The molecule has 0 bridgehead atoms. The molecule has 8 heteroatoms. The lowest BCUT2D eigenvalue weighted by Gasteiger charge is -2.30. The van der Waals surface area contributed by atoms with Gasteiger partial charge in [0.25, 0.3) is 0 Å². The van der Waals surface area contributed by atoms with Crippen molar-refractivity contribution in [3.05, 3.63) is 59.7 Å². The predicted molar refractivity (Wildman–Crippen MR) is 122 cm³/mol. The Bertz CT molecular complexity index is 1060. The number of para-hydroxylation sites is 1. The highest BCUT2D eigenvalue weighted by Gasteiger charge is 2.33. The highest BCUT2D eigenvalue weighted by molar-refractivity contribution is 5.90. The lowest BCUT2D eigenvalue weighted by molar-refractivity contribution is -0.138. The van der Waals surface area contributed by atoms with Gasteiger partial charge in [0.2, 0.25) is 5.95 Å². The van der Waals surface area contributed by atoms with Crippen molar-refractivity contribution in [2.45, 2.75) is 50.5 Å². The van der Waals surface area contributed by atoms with E-state index in [1.807, 2.05) is 43.3 Å². The van der Waals surface area contributed by atoms with Crippen molar-refractivity contribution in [2.24, 2.45) is 0 Å². The SMILES string of the molecule is CN(C)c1nc(N[C@H]2CC[C@@H](NCc3ccccc3C(F)(F)F)CC2)nc2ccccc12. The minimum atomic E-state index is -4.33. The zero-order valence-corrected chi connectivity index (χ0v) is 18.3. The first kappa shape index (κ1) is 22.3. The number of hydrogen-bond donors (Lipinski definition) is 2. The quantitative estimate of drug-likeness (QED) is 0.547. The van der Waals surface area contributed by atoms with Crippen LogP contribution < -0.4 is 15.5 Å². The van der Waals surface area contributed by atoms with Crippen LogP contribution in [0.25, 0.3) is 10.9 Å². The van der Waals surface area contributed by atoms with Gasteiger partial charge in [0, 0.05) is 38.1 Å². The molecular weight excluding hydrogens is 415 g/mol. The van der Waals surface area contributed by atoms with Crippen molar-refractivity contribution in [2.75, 3.05) is 24.3 Å². The maximum Gasteiger partial charge on any atom is 0.416 e. The molecule has 0 saturated heterocycles. The molecule has 5 nitrogen and oxygen atoms in total. The van der Waals surface area contributed by atoms with E-state index >= 15 is 0 Å². The largest absolute Gasteiger partial charge is 0.416 e. The summed E-state index contributed by atoms with van der Waals surface area (Å²) in [6.07, 6.45) is -0.733. The molecule has 0 amide bonds. The molecule has 2 aromatic carbocycles. The average molecular weight is 444 g/mol. The van der Waals surface area contributed by atoms with Crippen LogP contribution in [0, 0.1) is 0 Å². The van der Waals surface area contributed by atoms with Crippen LogP contribution in [0.3, 0.4) is 0 Å². The summed E-state index contributed by atoms with van der Waals surface area (Å²) in [4.78, 5) is 11.4. The van der Waals surface area contributed by atoms with E-state index in [-0.39, 0.29) is 18.6 Å². The lowest BCUT2D eigenvalue weighted by Crippen LogP contribution is -2.37. The normalized spacial score (nSPS) is 19.2. The zero-order chi connectivity index (χ0) is 22.7. The Morgan fingerprint density at radius 3 is 2.28 bits per heavy atom. The molecule has 0 radical (unpaired) electrons. The van der Waals surface area contributed by atoms with Gasteiger partial charge in [0.1, 0.15) is 5.82 Å². The van der Waals surface area contributed by atoms with Gasteiger partial charge in [-0.3, -0.25) is 0 Å². The van der Waals surface area contributed by atoms with Crippen LogP contribution in [-0.4, -0.2) is 36.1 Å². The van der Waals surface area contributed by atoms with E-state index in [9.17, 15) is 13.2 Å². The molecule has 1 saturated carbocycles. The molecule has 0 aliphatic heterocycles. The van der Waals surface area contributed by atoms with E-state index in [4.69, 9.17) is 4.98 Å². The highest BCUT2D eigenvalue weighted by atomic mass is 19.4. The Morgan fingerprint density at radius 2 is 1.56 bits per heavy atom. The zero-order valence-electron chi connectivity index (χ0n) is 18.3. The minimum Gasteiger partial charge on any atom is -0.362 e. The number of benzene rings is 2. The summed E-state index contributed by atoms with van der Waals surface area (Å²) < 4.78 is 39.6. The third kappa shape index (κ3) is 5.12. The third-order valence-electron chi connectivity index (χ3n) is 5.97. The molecular formula is C24H28F3N5. The fourth-order valence-corrected chi connectivity index (χ4v) is 4.30. The van der Waals surface area contributed by atoms with Gasteiger partial charge in [-0.1, -0.05) is 30.3 Å². The fraction of sp³-hybridized carbons (Fsp3) is 0.417. The number of halogens is 3. The molecule has 0 unspecified atom stereocenters. The molecule has 3 aromatic rings. The molecule has 0 atom stereocenters. The number of hydrogen-bond acceptors (Lipinski definition) is 5. The summed E-state index contributed by atoms with van der Waals surface area (Å²) in [6.45, 7) is 0.221. The van der Waals surface area contributed by atoms with E-state index in [1.165, 1.54) is 6.07 Å². The summed E-state index contributed by atoms with van der Waals surface area (Å²) in [5.74, 6) is 1.49. The number of alkyl halides is 3. The van der Waals surface area contributed by atoms with Gasteiger partial charge in [0.15, 0.2) is 0 Å². The monoisotopic (exact) mass is 443 g/mol. The maximum atomic E-state index is 13.2. The molecule has 170 valence electrons. The van der Waals surface area contributed by atoms with Gasteiger partial charge in [-0.15, -0.1) is 0 Å². The minimum absolute atomic E-state index is 0.198. The standard InChI is InChI=1S/C24H28F3N5/c1-32(2)22-19-8-4-6-10-21(19)30-23(31-22)29-18-13-11-17(12-14-18)28-15-16-7-3-5-9-20(16)24(25,26)27/h3-10,17-18,28H,11-15H2,1-2H3,(H,29,30,31)/t17-,18+. The number of nitrogens with one attached hydrogen (secondary N) is 2. The van der Waals surface area contributed by atoms with Gasteiger partial charge >= 0.3 is 6.18 Å². The molecule has 1 heterocycles. The van der Waals surface area contributed by atoms with Crippen LogP contribution >= 0.6 is 0 Å². The van der Waals surface area contributed by atoms with E-state index in [0.29, 0.717) is 11.5 Å². The molecule has 1 aromatic heterocycles. The van der Waals surface area contributed by atoms with Crippen molar-refractivity contribution in [3.8, 4) is 0 Å². The molecule has 1 aliphatic carbocycles. The van der Waals surface area contributed by atoms with E-state index in [2.05, 4.69) is 15.6 Å². The summed E-state index contributed by atoms with van der Waals surface area (Å²) in [6, 6.07) is 14.1. The Morgan fingerprint density at radius 1 is 0.906 bits per heavy atom. The van der Waals surface area contributed by atoms with Crippen molar-refractivity contribution >= 4 is 22.7 Å². The first-order valence-electron chi connectivity index (χ1n) is 10.9. The molecule has 1 fully saturated rings. The lowest BCUT2D eigenvalue weighted by atomic mass is 9.91. The van der Waals surface area contributed by atoms with Gasteiger partial charge in [-0.2, -0.15) is 18.2 Å². The Balaban J connectivity index is 1.35. The van der Waals surface area contributed by atoms with Crippen LogP contribution in [-0.2, 0) is 12.7 Å². The van der Waals surface area contributed by atoms with E-state index < -0.39 is 11.7 Å². The van der Waals surface area contributed by atoms with Crippen LogP contribution in [0.4, 0.5) is 24.9 Å². The molecule has 4 rings (SSSR count). The topological polar surface area (TPSA) is 53.1 Å². The second-order valence-electron chi connectivity index (χ2n) is 8.51. The van der Waals surface area contributed by atoms with Crippen molar-refractivity contribution < 1.29 is 13.2 Å². The first-order valence-corrected chi connectivity index (χ1v) is 10.9. The molecule has 0 spiro atoms. The second kappa shape index (κ2) is 9.32. The summed E-state index contributed by atoms with van der Waals surface area (Å²) >= 11 is 0. The van der Waals surface area contributed by atoms with Crippen molar-refractivity contribution in [1.82, 2.24) is 15.3 Å². The first-order chi connectivity index (χ1) is 15.3. The van der Waals surface area contributed by atoms with Crippen LogP contribution in [0.2, 0.25) is 0 Å². The summed E-state index contributed by atoms with van der Waals surface area (Å²) in [7, 11) is 3.93. The number of anilines is 2. The smallest absolute Gasteiger partial charge is 0.362 e. The number of nitrogens with zero attached hydrogens (tertiary/aromatic N) is 3. The Hall–Kier alpha value is -2.87. The number of rotatable bonds is 6. The Labute approximate surface area is 186 Å². The van der Waals surface area contributed by atoms with Crippen LogP contribution in [0.15, 0.2) is 48.5 Å². The summed E-state index contributed by atoms with van der Waals surface area (Å²) in [5.41, 5.74) is 0.626. The van der Waals surface area contributed by atoms with Crippen molar-refractivity contribution in [1.29, 1.82) is 0 Å². The van der Waals surface area contributed by atoms with Gasteiger partial charge in [0.05, 0.1) is 11.1 Å². The van der Waals surface area contributed by atoms with Crippen LogP contribution in [0.1, 0.15) is 36.8 Å². The van der Waals surface area contributed by atoms with E-state index in [1.54, 1.807) is 12.1 Å². The summed E-state index contributed by atoms with van der Waals surface area (Å²) in [5, 5.41) is 7.79. The number of aromatic nitrogens is 2. The fourth-order valence-electron chi connectivity index (χ4n) is 4.30. The molecule has 2 N–H and O–H groups in total. The molecule has 32 heavy (non-hydrogen) atoms. The van der Waals surface area contributed by atoms with Gasteiger partial charge < -0.3 is 15.5 Å². The third-order valence-corrected chi connectivity index (χ3v) is 5.97. The van der Waals surface area contributed by atoms with Gasteiger partial charge in [-0.05, 0) is 49.4 Å². The average Bonchev–Trinajstić information content (AvgIpc) is 2.77. The highest BCUT2D eigenvalue weighted by Crippen LogP contribution is 2.32. The van der Waals surface area contributed by atoms with Crippen molar-refractivity contribution in [3.63, 3.8) is 0 Å². The number of fused-ring (bicyclic) bond motifs is 1. The van der Waals surface area contributed by atoms with E-state index in [0.717, 1.165) is 48.5 Å². The molecule has 1 aliphatic rings. The maximum absolute atomic E-state index is 13.2. The Kier molecular flexibility index (Phi) is 6.50. The van der Waals surface area contributed by atoms with Crippen LogP contribution in [0.5, 0.6) is 0 Å². The predicted octanol–water partition coefficient (Wildman–Crippen LogP) is 5.23. The second-order valence-corrected chi connectivity index (χ2v) is 8.51.